The number of carbonyl (C=O) groups is 1. The minimum Gasteiger partial charge on any atom is -0.319 e. The molecule has 0 aliphatic carbocycles. The smallest absolute Gasteiger partial charge is 0.256 e. The molecule has 0 saturated carbocycles. The summed E-state index contributed by atoms with van der Waals surface area (Å²) in [5, 5.41) is 4.69. The number of rotatable bonds is 3. The van der Waals surface area contributed by atoms with Crippen LogP contribution >= 0.6 is 27.3 Å². The summed E-state index contributed by atoms with van der Waals surface area (Å²) in [5.74, 6) is 1.29. The Bertz CT molecular complexity index is 796. The third-order valence-electron chi connectivity index (χ3n) is 2.92. The number of halogens is 1. The summed E-state index contributed by atoms with van der Waals surface area (Å²) in [6.45, 7) is 1.89. The summed E-state index contributed by atoms with van der Waals surface area (Å²) in [5.41, 5.74) is 1.26. The lowest BCUT2D eigenvalue weighted by Gasteiger charge is -2.11. The van der Waals surface area contributed by atoms with Crippen molar-refractivity contribution in [1.29, 1.82) is 0 Å². The first kappa shape index (κ1) is 14.0. The second kappa shape index (κ2) is 5.79. The zero-order valence-electron chi connectivity index (χ0n) is 11.1. The Morgan fingerprint density at radius 2 is 2.24 bits per heavy atom. The fourth-order valence-electron chi connectivity index (χ4n) is 1.91. The van der Waals surface area contributed by atoms with Crippen LogP contribution in [-0.2, 0) is 0 Å². The molecule has 0 fully saturated rings. The van der Waals surface area contributed by atoms with Gasteiger partial charge < -0.3 is 5.32 Å². The Morgan fingerprint density at radius 3 is 2.90 bits per heavy atom. The first-order chi connectivity index (χ1) is 10.1. The van der Waals surface area contributed by atoms with Gasteiger partial charge in [0.25, 0.3) is 5.91 Å². The van der Waals surface area contributed by atoms with Crippen molar-refractivity contribution in [2.45, 2.75) is 6.92 Å². The molecule has 5 nitrogen and oxygen atoms in total. The Morgan fingerprint density at radius 1 is 1.38 bits per heavy atom. The van der Waals surface area contributed by atoms with Crippen LogP contribution in [0.4, 0.5) is 5.69 Å². The van der Waals surface area contributed by atoms with Crippen LogP contribution < -0.4 is 5.32 Å². The fraction of sp³-hybridized carbons (Fsp3) is 0.0714. The van der Waals surface area contributed by atoms with E-state index in [1.807, 2.05) is 23.8 Å². The average molecular weight is 363 g/mol. The molecule has 106 valence electrons. The summed E-state index contributed by atoms with van der Waals surface area (Å²) in [6, 6.07) is 5.40. The molecule has 3 rings (SSSR count). The third-order valence-corrected chi connectivity index (χ3v) is 4.42. The minimum atomic E-state index is -0.163. The van der Waals surface area contributed by atoms with Crippen molar-refractivity contribution in [3.8, 4) is 5.82 Å². The fourth-order valence-corrected chi connectivity index (χ4v) is 3.05. The van der Waals surface area contributed by atoms with Gasteiger partial charge in [-0.3, -0.25) is 9.36 Å². The lowest BCUT2D eigenvalue weighted by molar-refractivity contribution is 0.102. The number of anilines is 1. The molecule has 0 aliphatic heterocycles. The van der Waals surface area contributed by atoms with Crippen LogP contribution in [0.25, 0.3) is 5.82 Å². The molecule has 0 radical (unpaired) electrons. The third kappa shape index (κ3) is 2.88. The molecule has 0 aliphatic rings. The van der Waals surface area contributed by atoms with E-state index >= 15 is 0 Å². The second-order valence-electron chi connectivity index (χ2n) is 4.31. The average Bonchev–Trinajstić information content (AvgIpc) is 3.08. The predicted molar refractivity (Wildman–Crippen MR) is 86.1 cm³/mol. The zero-order valence-corrected chi connectivity index (χ0v) is 13.5. The molecular formula is C14H11BrN4OS. The Balaban J connectivity index is 1.93. The molecule has 3 aromatic rings. The molecule has 21 heavy (non-hydrogen) atoms. The summed E-state index contributed by atoms with van der Waals surface area (Å²) >= 11 is 4.83. The van der Waals surface area contributed by atoms with E-state index < -0.39 is 0 Å². The van der Waals surface area contributed by atoms with E-state index in [0.29, 0.717) is 17.1 Å². The topological polar surface area (TPSA) is 59.8 Å². The number of hydrogen-bond donors (Lipinski definition) is 1. The Hall–Kier alpha value is -1.99. The number of thiophene rings is 1. The van der Waals surface area contributed by atoms with Crippen LogP contribution in [0.15, 0.2) is 46.0 Å². The van der Waals surface area contributed by atoms with E-state index in [9.17, 15) is 4.79 Å². The van der Waals surface area contributed by atoms with Gasteiger partial charge in [-0.2, -0.15) is 0 Å². The van der Waals surface area contributed by atoms with Gasteiger partial charge in [0.1, 0.15) is 5.82 Å². The highest BCUT2D eigenvalue weighted by Gasteiger charge is 2.13. The normalized spacial score (nSPS) is 10.6. The molecule has 3 aromatic heterocycles. The van der Waals surface area contributed by atoms with E-state index in [0.717, 1.165) is 9.61 Å². The molecule has 0 bridgehead atoms. The van der Waals surface area contributed by atoms with Crippen LogP contribution in [0.1, 0.15) is 16.2 Å². The van der Waals surface area contributed by atoms with Crippen molar-refractivity contribution in [2.75, 3.05) is 5.32 Å². The predicted octanol–water partition coefficient (Wildman–Crippen LogP) is 3.65. The number of aryl methyl sites for hydroxylation is 1. The van der Waals surface area contributed by atoms with E-state index in [1.54, 1.807) is 29.9 Å². The van der Waals surface area contributed by atoms with Crippen LogP contribution in [0.2, 0.25) is 0 Å². The van der Waals surface area contributed by atoms with Crippen molar-refractivity contribution in [3.63, 3.8) is 0 Å². The quantitative estimate of drug-likeness (QED) is 0.773. The molecular weight excluding hydrogens is 352 g/mol. The minimum absolute atomic E-state index is 0.163. The van der Waals surface area contributed by atoms with Gasteiger partial charge in [0.15, 0.2) is 5.82 Å². The highest BCUT2D eigenvalue weighted by atomic mass is 79.9. The van der Waals surface area contributed by atoms with Crippen molar-refractivity contribution in [3.05, 3.63) is 57.3 Å². The Labute approximate surface area is 133 Å². The molecule has 1 N–H and O–H groups in total. The monoisotopic (exact) mass is 362 g/mol. The van der Waals surface area contributed by atoms with Gasteiger partial charge >= 0.3 is 0 Å². The summed E-state index contributed by atoms with van der Waals surface area (Å²) in [7, 11) is 0. The van der Waals surface area contributed by atoms with Gasteiger partial charge in [0.2, 0.25) is 0 Å². The number of hydrogen-bond acceptors (Lipinski definition) is 4. The van der Waals surface area contributed by atoms with Crippen molar-refractivity contribution < 1.29 is 4.79 Å². The molecule has 7 heteroatoms. The standard InChI is InChI=1S/C14H11BrN4OS/c1-9-16-5-6-19(9)13-11(3-2-4-17-13)18-14(20)10-7-12(15)21-8-10/h2-8H,1H3,(H,18,20). The Kier molecular flexibility index (Phi) is 3.85. The number of aromatic nitrogens is 3. The van der Waals surface area contributed by atoms with Gasteiger partial charge in [-0.1, -0.05) is 0 Å². The van der Waals surface area contributed by atoms with Gasteiger partial charge in [-0.15, -0.1) is 11.3 Å². The molecule has 0 atom stereocenters. The van der Waals surface area contributed by atoms with E-state index in [2.05, 4.69) is 31.2 Å². The number of nitrogens with one attached hydrogen (secondary N) is 1. The van der Waals surface area contributed by atoms with Gasteiger partial charge in [-0.25, -0.2) is 9.97 Å². The lowest BCUT2D eigenvalue weighted by atomic mass is 10.3. The summed E-state index contributed by atoms with van der Waals surface area (Å²) in [6.07, 6.45) is 5.20. The van der Waals surface area contributed by atoms with Crippen LogP contribution in [-0.4, -0.2) is 20.4 Å². The van der Waals surface area contributed by atoms with Crippen molar-refractivity contribution >= 4 is 38.9 Å². The first-order valence-corrected chi connectivity index (χ1v) is 7.83. The van der Waals surface area contributed by atoms with Crippen molar-refractivity contribution in [1.82, 2.24) is 14.5 Å². The maximum atomic E-state index is 12.3. The van der Waals surface area contributed by atoms with E-state index in [1.165, 1.54) is 11.3 Å². The summed E-state index contributed by atoms with van der Waals surface area (Å²) in [4.78, 5) is 20.8. The molecule has 0 spiro atoms. The van der Waals surface area contributed by atoms with Gasteiger partial charge in [-0.05, 0) is 41.1 Å². The number of carbonyl (C=O) groups excluding carboxylic acids is 1. The molecule has 0 saturated heterocycles. The number of pyridine rings is 1. The van der Waals surface area contributed by atoms with Crippen molar-refractivity contribution in [2.24, 2.45) is 0 Å². The number of nitrogens with zero attached hydrogens (tertiary/aromatic N) is 3. The largest absolute Gasteiger partial charge is 0.319 e. The maximum absolute atomic E-state index is 12.3. The highest BCUT2D eigenvalue weighted by Crippen LogP contribution is 2.23. The van der Waals surface area contributed by atoms with Gasteiger partial charge in [0.05, 0.1) is 15.0 Å². The SMILES string of the molecule is Cc1nccn1-c1ncccc1NC(=O)c1csc(Br)c1. The molecule has 0 aromatic carbocycles. The molecule has 3 heterocycles. The van der Waals surface area contributed by atoms with Crippen LogP contribution in [0.3, 0.4) is 0 Å². The second-order valence-corrected chi connectivity index (χ2v) is 6.60. The summed E-state index contributed by atoms with van der Waals surface area (Å²) < 4.78 is 2.75. The van der Waals surface area contributed by atoms with Crippen LogP contribution in [0, 0.1) is 6.92 Å². The van der Waals surface area contributed by atoms with E-state index in [-0.39, 0.29) is 5.91 Å². The molecule has 1 amide bonds. The zero-order chi connectivity index (χ0) is 14.8. The highest BCUT2D eigenvalue weighted by molar-refractivity contribution is 9.11. The first-order valence-electron chi connectivity index (χ1n) is 6.16. The lowest BCUT2D eigenvalue weighted by Crippen LogP contribution is -2.14. The number of imidazole rings is 1. The molecule has 0 unspecified atom stereocenters. The van der Waals surface area contributed by atoms with Gasteiger partial charge in [0, 0.05) is 24.0 Å². The number of amides is 1. The maximum Gasteiger partial charge on any atom is 0.256 e. The van der Waals surface area contributed by atoms with E-state index in [4.69, 9.17) is 0 Å². The van der Waals surface area contributed by atoms with Crippen LogP contribution in [0.5, 0.6) is 0 Å².